The lowest BCUT2D eigenvalue weighted by atomic mass is 9.84. The lowest BCUT2D eigenvalue weighted by Crippen LogP contribution is -2.42. The molecule has 0 N–H and O–H groups in total. The van der Waals surface area contributed by atoms with Crippen LogP contribution >= 0.6 is 0 Å². The molecule has 0 aliphatic carbocycles. The van der Waals surface area contributed by atoms with Crippen LogP contribution in [-0.2, 0) is 23.5 Å². The van der Waals surface area contributed by atoms with Crippen LogP contribution < -0.4 is 0 Å². The number of hydrogen-bond donors (Lipinski definition) is 0. The molecular formula is C19H22N2O. The molecule has 3 nitrogen and oxygen atoms in total. The number of pyridine rings is 1. The molecule has 0 atom stereocenters. The number of rotatable bonds is 2. The molecule has 2 aliphatic rings. The molecule has 0 radical (unpaired) electrons. The fourth-order valence-corrected chi connectivity index (χ4v) is 3.77. The van der Waals surface area contributed by atoms with Crippen molar-refractivity contribution in [2.24, 2.45) is 0 Å². The van der Waals surface area contributed by atoms with Gasteiger partial charge >= 0.3 is 0 Å². The van der Waals surface area contributed by atoms with Crippen LogP contribution in [0.2, 0.25) is 0 Å². The molecule has 4 rings (SSSR count). The summed E-state index contributed by atoms with van der Waals surface area (Å²) >= 11 is 0. The summed E-state index contributed by atoms with van der Waals surface area (Å²) in [6, 6.07) is 12.9. The summed E-state index contributed by atoms with van der Waals surface area (Å²) in [5.74, 6) is 0. The number of fused-ring (bicyclic) bond motifs is 2. The van der Waals surface area contributed by atoms with Crippen molar-refractivity contribution in [3.63, 3.8) is 0 Å². The average molecular weight is 294 g/mol. The summed E-state index contributed by atoms with van der Waals surface area (Å²) in [6.07, 6.45) is 4.18. The van der Waals surface area contributed by atoms with Gasteiger partial charge in [-0.25, -0.2) is 0 Å². The Morgan fingerprint density at radius 1 is 1.18 bits per heavy atom. The number of nitrogens with zero attached hydrogens (tertiary/aromatic N) is 2. The molecule has 1 fully saturated rings. The van der Waals surface area contributed by atoms with Gasteiger partial charge in [0.2, 0.25) is 0 Å². The monoisotopic (exact) mass is 294 g/mol. The lowest BCUT2D eigenvalue weighted by molar-refractivity contribution is -0.0800. The molecular weight excluding hydrogens is 272 g/mol. The Bertz CT molecular complexity index is 660. The molecule has 22 heavy (non-hydrogen) atoms. The first-order chi connectivity index (χ1) is 10.8. The molecule has 0 bridgehead atoms. The quantitative estimate of drug-likeness (QED) is 0.848. The average Bonchev–Trinajstić information content (AvgIpc) is 2.89. The van der Waals surface area contributed by atoms with Crippen LogP contribution in [0.5, 0.6) is 0 Å². The van der Waals surface area contributed by atoms with Crippen molar-refractivity contribution in [1.29, 1.82) is 0 Å². The fourth-order valence-electron chi connectivity index (χ4n) is 3.77. The second-order valence-electron chi connectivity index (χ2n) is 6.53. The van der Waals surface area contributed by atoms with Gasteiger partial charge in [-0.15, -0.1) is 0 Å². The van der Waals surface area contributed by atoms with Crippen molar-refractivity contribution in [2.75, 3.05) is 13.1 Å². The normalized spacial score (nSPS) is 20.2. The summed E-state index contributed by atoms with van der Waals surface area (Å²) in [7, 11) is 0. The first-order valence-electron chi connectivity index (χ1n) is 8.11. The highest BCUT2D eigenvalue weighted by atomic mass is 16.5. The highest BCUT2D eigenvalue weighted by Gasteiger charge is 2.42. The van der Waals surface area contributed by atoms with E-state index in [4.69, 9.17) is 4.74 Å². The molecule has 1 spiro atoms. The third-order valence-corrected chi connectivity index (χ3v) is 5.03. The van der Waals surface area contributed by atoms with Gasteiger partial charge < -0.3 is 4.74 Å². The van der Waals surface area contributed by atoms with E-state index in [0.29, 0.717) is 0 Å². The first-order valence-corrected chi connectivity index (χ1v) is 8.11. The molecule has 0 unspecified atom stereocenters. The molecule has 1 aromatic heterocycles. The number of piperidine rings is 1. The number of benzene rings is 1. The van der Waals surface area contributed by atoms with E-state index < -0.39 is 0 Å². The third-order valence-electron chi connectivity index (χ3n) is 5.03. The van der Waals surface area contributed by atoms with E-state index >= 15 is 0 Å². The van der Waals surface area contributed by atoms with Crippen molar-refractivity contribution in [3.8, 4) is 0 Å². The van der Waals surface area contributed by atoms with Crippen LogP contribution in [0, 0.1) is 6.92 Å². The van der Waals surface area contributed by atoms with Crippen LogP contribution in [-0.4, -0.2) is 23.0 Å². The maximum Gasteiger partial charge on any atom is 0.0978 e. The van der Waals surface area contributed by atoms with Gasteiger partial charge in [-0.05, 0) is 37.0 Å². The minimum absolute atomic E-state index is 0.0801. The molecule has 1 saturated heterocycles. The van der Waals surface area contributed by atoms with Gasteiger partial charge in [0.1, 0.15) is 0 Å². The van der Waals surface area contributed by atoms with Gasteiger partial charge in [0.05, 0.1) is 12.2 Å². The molecule has 3 heteroatoms. The summed E-state index contributed by atoms with van der Waals surface area (Å²) in [6.45, 7) is 6.01. The second-order valence-corrected chi connectivity index (χ2v) is 6.53. The predicted molar refractivity (Wildman–Crippen MR) is 86.4 cm³/mol. The van der Waals surface area contributed by atoms with E-state index in [1.807, 2.05) is 13.1 Å². The standard InChI is InChI=1S/C19H22N2O/c1-15-11-17-14-22-19(18(17)12-20-15)7-9-21(10-8-19)13-16-5-3-2-4-6-16/h2-6,11-12H,7-10,13-14H2,1H3. The second kappa shape index (κ2) is 5.49. The lowest BCUT2D eigenvalue weighted by Gasteiger charge is -2.39. The van der Waals surface area contributed by atoms with E-state index in [9.17, 15) is 0 Å². The molecule has 2 aliphatic heterocycles. The van der Waals surface area contributed by atoms with Gasteiger partial charge in [0.25, 0.3) is 0 Å². The van der Waals surface area contributed by atoms with Crippen LogP contribution in [0.25, 0.3) is 0 Å². The highest BCUT2D eigenvalue weighted by Crippen LogP contribution is 2.44. The largest absolute Gasteiger partial charge is 0.365 e. The van der Waals surface area contributed by atoms with Gasteiger partial charge in [0.15, 0.2) is 0 Å². The summed E-state index contributed by atoms with van der Waals surface area (Å²) in [4.78, 5) is 7.02. The van der Waals surface area contributed by atoms with Gasteiger partial charge in [-0.1, -0.05) is 30.3 Å². The fraction of sp³-hybridized carbons (Fsp3) is 0.421. The smallest absolute Gasteiger partial charge is 0.0978 e. The number of aryl methyl sites for hydroxylation is 1. The molecule has 0 amide bonds. The van der Waals surface area contributed by atoms with Crippen molar-refractivity contribution >= 4 is 0 Å². The van der Waals surface area contributed by atoms with Crippen LogP contribution in [0.15, 0.2) is 42.6 Å². The molecule has 114 valence electrons. The minimum atomic E-state index is -0.0801. The first kappa shape index (κ1) is 13.9. The van der Waals surface area contributed by atoms with Gasteiger partial charge in [-0.2, -0.15) is 0 Å². The molecule has 2 aromatic rings. The number of likely N-dealkylation sites (tertiary alicyclic amines) is 1. The summed E-state index contributed by atoms with van der Waals surface area (Å²) in [5.41, 5.74) is 5.06. The predicted octanol–water partition coefficient (Wildman–Crippen LogP) is 3.41. The minimum Gasteiger partial charge on any atom is -0.365 e. The summed E-state index contributed by atoms with van der Waals surface area (Å²) in [5, 5.41) is 0. The van der Waals surface area contributed by atoms with E-state index in [1.54, 1.807) is 0 Å². The van der Waals surface area contributed by atoms with Crippen LogP contribution in [0.4, 0.5) is 0 Å². The van der Waals surface area contributed by atoms with E-state index in [1.165, 1.54) is 16.7 Å². The maximum atomic E-state index is 6.24. The van der Waals surface area contributed by atoms with Crippen LogP contribution in [0.3, 0.4) is 0 Å². The van der Waals surface area contributed by atoms with E-state index in [0.717, 1.165) is 44.8 Å². The zero-order valence-electron chi connectivity index (χ0n) is 13.1. The zero-order valence-corrected chi connectivity index (χ0v) is 13.1. The van der Waals surface area contributed by atoms with E-state index in [-0.39, 0.29) is 5.60 Å². The Morgan fingerprint density at radius 3 is 2.73 bits per heavy atom. The topological polar surface area (TPSA) is 25.4 Å². The molecule has 1 aromatic carbocycles. The van der Waals surface area contributed by atoms with Crippen molar-refractivity contribution in [2.45, 2.75) is 38.5 Å². The van der Waals surface area contributed by atoms with E-state index in [2.05, 4.69) is 46.3 Å². The third kappa shape index (κ3) is 2.44. The molecule has 3 heterocycles. The Balaban J connectivity index is 1.47. The molecule has 0 saturated carbocycles. The van der Waals surface area contributed by atoms with Crippen molar-refractivity contribution in [1.82, 2.24) is 9.88 Å². The Labute approximate surface area is 131 Å². The number of aromatic nitrogens is 1. The maximum absolute atomic E-state index is 6.24. The summed E-state index contributed by atoms with van der Waals surface area (Å²) < 4.78 is 6.24. The Morgan fingerprint density at radius 2 is 1.95 bits per heavy atom. The number of ether oxygens (including phenoxy) is 1. The van der Waals surface area contributed by atoms with Crippen molar-refractivity contribution < 1.29 is 4.74 Å². The Kier molecular flexibility index (Phi) is 3.47. The van der Waals surface area contributed by atoms with Gasteiger partial charge in [0, 0.05) is 37.1 Å². The Hall–Kier alpha value is -1.71. The SMILES string of the molecule is Cc1cc2c(cn1)C1(CCN(Cc3ccccc3)CC1)OC2. The number of hydrogen-bond acceptors (Lipinski definition) is 3. The highest BCUT2D eigenvalue weighted by molar-refractivity contribution is 5.35. The van der Waals surface area contributed by atoms with Crippen molar-refractivity contribution in [3.05, 3.63) is 65.0 Å². The zero-order chi connectivity index (χ0) is 15.0. The van der Waals surface area contributed by atoms with Crippen LogP contribution in [0.1, 0.15) is 35.2 Å². The van der Waals surface area contributed by atoms with Gasteiger partial charge in [-0.3, -0.25) is 9.88 Å².